The summed E-state index contributed by atoms with van der Waals surface area (Å²) >= 11 is 0. The van der Waals surface area contributed by atoms with Crippen LogP contribution in [-0.2, 0) is 28.8 Å². The lowest BCUT2D eigenvalue weighted by Crippen LogP contribution is -2.57. The van der Waals surface area contributed by atoms with E-state index in [0.717, 1.165) is 64.2 Å². The molecule has 6 amide bonds. The monoisotopic (exact) mass is 1280 g/mol. The molecule has 24 heteroatoms. The topological polar surface area (TPSA) is 294 Å². The van der Waals surface area contributed by atoms with Gasteiger partial charge in [-0.25, -0.2) is 19.9 Å². The van der Waals surface area contributed by atoms with Gasteiger partial charge in [0.05, 0.1) is 48.7 Å². The number of likely N-dealkylation sites (tertiary alicyclic amines) is 2. The van der Waals surface area contributed by atoms with Crippen molar-refractivity contribution >= 4 is 91.6 Å². The number of nitrogens with one attached hydrogen (secondary N) is 8. The highest BCUT2D eigenvalue weighted by Crippen LogP contribution is 2.38. The lowest BCUT2D eigenvalue weighted by atomic mass is 9.83. The summed E-state index contributed by atoms with van der Waals surface area (Å²) in [6.07, 6.45) is 14.7. The molecule has 0 unspecified atom stereocenters. The van der Waals surface area contributed by atoms with Crippen molar-refractivity contribution in [2.45, 2.75) is 140 Å². The molecule has 94 heavy (non-hydrogen) atoms. The number of nitrogens with zero attached hydrogens (tertiary/aromatic N) is 6. The van der Waals surface area contributed by atoms with Crippen molar-refractivity contribution in [2.75, 3.05) is 75.9 Å². The fraction of sp³-hybridized carbons (Fsp3) is 0.457. The summed E-state index contributed by atoms with van der Waals surface area (Å²) < 4.78 is 23.2. The number of hydrogen-bond acceptors (Lipinski definition) is 18. The molecule has 10 rings (SSSR count). The van der Waals surface area contributed by atoms with Gasteiger partial charge in [-0.3, -0.25) is 28.8 Å². The summed E-state index contributed by atoms with van der Waals surface area (Å²) in [5.41, 5.74) is 3.38. The second-order valence-electron chi connectivity index (χ2n) is 24.2. The second-order valence-corrected chi connectivity index (χ2v) is 24.2. The average molecular weight is 1280 g/mol. The highest BCUT2D eigenvalue weighted by molar-refractivity contribution is 6.05. The molecule has 4 fully saturated rings. The van der Waals surface area contributed by atoms with E-state index >= 15 is 0 Å². The van der Waals surface area contributed by atoms with E-state index < -0.39 is 36.3 Å². The zero-order chi connectivity index (χ0) is 66.1. The molecule has 6 aromatic rings. The lowest BCUT2D eigenvalue weighted by Gasteiger charge is -2.35. The van der Waals surface area contributed by atoms with E-state index in [1.807, 2.05) is 24.3 Å². The highest BCUT2D eigenvalue weighted by Gasteiger charge is 2.43. The normalized spacial score (nSPS) is 17.8. The molecule has 6 atom stereocenters. The number of carbonyl (C=O) groups is 6. The van der Waals surface area contributed by atoms with Gasteiger partial charge < -0.3 is 71.3 Å². The molecule has 494 valence electrons. The third-order valence-corrected chi connectivity index (χ3v) is 18.2. The number of benzene rings is 4. The molecular formula is C70H84N14O10. The minimum absolute atomic E-state index is 0.00301. The Balaban J connectivity index is 0.699. The van der Waals surface area contributed by atoms with Crippen LogP contribution in [0.2, 0.25) is 0 Å². The van der Waals surface area contributed by atoms with Crippen molar-refractivity contribution in [3.63, 3.8) is 0 Å². The Morgan fingerprint density at radius 2 is 0.915 bits per heavy atom. The number of rotatable bonds is 24. The van der Waals surface area contributed by atoms with Crippen molar-refractivity contribution in [1.82, 2.24) is 51.0 Å². The van der Waals surface area contributed by atoms with E-state index in [0.29, 0.717) is 118 Å². The van der Waals surface area contributed by atoms with Crippen molar-refractivity contribution in [1.29, 1.82) is 0 Å². The Labute approximate surface area is 547 Å². The molecule has 0 bridgehead atoms. The standard InChI is InChI=1S/C70H84N14O10/c1-43(71-3)65(85)81-61(45-19-11-9-12-20-45)69(89)83-33-17-23-57(83)67(87)79-55-37-51-53(39-59(55)91-5)73-41-75-63(51)77-47-25-29-49(30-26-47)93-35-15-7-8-16-36-94-50-31-27-48(28-32-50)78-64-52-38-56(60(92-6)40-54(52)74-42-76-64)80-68(88)58-24-18-34-84(58)70(90)62(46-21-13-10-14-22-46)82-66(86)44(2)72-4/h25-32,37-46,57-58,61-62,71-72H,9-14,17-24,33-36H2,1-6H3,(H,79,87)(H,80,88)(H,81,85)(H,82,86)(H,73,75,77)(H,74,76,78)/t43-,44-,57-,58-,61-,62-/m0/s1. The molecule has 0 spiro atoms. The molecule has 2 aliphatic carbocycles. The van der Waals surface area contributed by atoms with Gasteiger partial charge in [0, 0.05) is 47.4 Å². The van der Waals surface area contributed by atoms with Crippen molar-refractivity contribution < 1.29 is 47.7 Å². The fourth-order valence-corrected chi connectivity index (χ4v) is 12.8. The SMILES string of the molecule is CN[C@@H](C)C(=O)N[C@H](C(=O)N1CCC[C@H]1C(=O)Nc1cc2c(Nc3ccc(OCC#CC#CCOc4ccc(Nc5ncnc6cc(OC)c(NC(=O)[C@@H]7CCCN7C(=O)[C@@H](NC(=O)[C@H](C)NC)C7CCCCC7)cc56)cc4)cc3)ncnc2cc1OC)C1CCCCC1. The number of aromatic nitrogens is 4. The number of hydrogen-bond donors (Lipinski definition) is 8. The molecule has 0 radical (unpaired) electrons. The van der Waals surface area contributed by atoms with Crippen LogP contribution >= 0.6 is 0 Å². The molecular weight excluding hydrogens is 1200 g/mol. The predicted octanol–water partition coefficient (Wildman–Crippen LogP) is 7.75. The summed E-state index contributed by atoms with van der Waals surface area (Å²) in [5, 5.41) is 26.0. The van der Waals surface area contributed by atoms with Crippen molar-refractivity contribution in [3.05, 3.63) is 85.5 Å². The molecule has 8 N–H and O–H groups in total. The van der Waals surface area contributed by atoms with E-state index in [1.54, 1.807) is 86.3 Å². The first-order chi connectivity index (χ1) is 45.7. The number of carbonyl (C=O) groups excluding carboxylic acids is 6. The first kappa shape index (κ1) is 67.1. The number of amides is 6. The Kier molecular flexibility index (Phi) is 23.0. The van der Waals surface area contributed by atoms with E-state index in [-0.39, 0.29) is 60.5 Å². The van der Waals surface area contributed by atoms with E-state index in [4.69, 9.17) is 18.9 Å². The molecule has 4 heterocycles. The Hall–Kier alpha value is -9.78. The van der Waals surface area contributed by atoms with Crippen LogP contribution in [0, 0.1) is 35.5 Å². The van der Waals surface area contributed by atoms with Crippen LogP contribution in [0.3, 0.4) is 0 Å². The van der Waals surface area contributed by atoms with Crippen LogP contribution < -0.4 is 61.5 Å². The van der Waals surface area contributed by atoms with E-state index in [1.165, 1.54) is 26.9 Å². The van der Waals surface area contributed by atoms with Gasteiger partial charge in [0.2, 0.25) is 35.4 Å². The summed E-state index contributed by atoms with van der Waals surface area (Å²) in [7, 11) is 6.44. The largest absolute Gasteiger partial charge is 0.494 e. The number of likely N-dealkylation sites (N-methyl/N-ethyl adjacent to an activating group) is 2. The summed E-state index contributed by atoms with van der Waals surface area (Å²) in [4.78, 5) is 104. The first-order valence-corrected chi connectivity index (χ1v) is 32.5. The van der Waals surface area contributed by atoms with Gasteiger partial charge in [-0.15, -0.1) is 0 Å². The third kappa shape index (κ3) is 16.5. The van der Waals surface area contributed by atoms with Gasteiger partial charge in [-0.1, -0.05) is 38.5 Å². The Morgan fingerprint density at radius 1 is 0.521 bits per heavy atom. The maximum absolute atomic E-state index is 14.3. The van der Waals surface area contributed by atoms with Gasteiger partial charge in [-0.2, -0.15) is 0 Å². The zero-order valence-electron chi connectivity index (χ0n) is 54.2. The quantitative estimate of drug-likeness (QED) is 0.0269. The van der Waals surface area contributed by atoms with E-state index in [2.05, 4.69) is 86.2 Å². The van der Waals surface area contributed by atoms with Gasteiger partial charge in [0.15, 0.2) is 0 Å². The van der Waals surface area contributed by atoms with Gasteiger partial charge in [0.25, 0.3) is 0 Å². The Bertz CT molecular complexity index is 3570. The maximum Gasteiger partial charge on any atom is 0.247 e. The average Bonchev–Trinajstić information content (AvgIpc) is 1.57. The smallest absolute Gasteiger partial charge is 0.247 e. The summed E-state index contributed by atoms with van der Waals surface area (Å²) in [6.45, 7) is 4.53. The van der Waals surface area contributed by atoms with Crippen LogP contribution in [-0.4, -0.2) is 156 Å². The molecule has 4 aromatic carbocycles. The Morgan fingerprint density at radius 3 is 1.29 bits per heavy atom. The van der Waals surface area contributed by atoms with E-state index in [9.17, 15) is 28.8 Å². The van der Waals surface area contributed by atoms with Gasteiger partial charge >= 0.3 is 0 Å². The van der Waals surface area contributed by atoms with Gasteiger partial charge in [0.1, 0.15) is 84.7 Å². The predicted molar refractivity (Wildman–Crippen MR) is 359 cm³/mol. The lowest BCUT2D eigenvalue weighted by molar-refractivity contribution is -0.142. The molecule has 2 aromatic heterocycles. The van der Waals surface area contributed by atoms with Gasteiger partial charge in [-0.05, 0) is 175 Å². The minimum Gasteiger partial charge on any atom is -0.494 e. The number of methoxy groups -OCH3 is 2. The molecule has 2 saturated heterocycles. The van der Waals surface area contributed by atoms with Crippen LogP contribution in [0.1, 0.15) is 104 Å². The highest BCUT2D eigenvalue weighted by atomic mass is 16.5. The second kappa shape index (κ2) is 32.2. The maximum atomic E-state index is 14.3. The molecule has 2 aliphatic heterocycles. The van der Waals surface area contributed by atoms with Crippen LogP contribution in [0.5, 0.6) is 23.0 Å². The minimum atomic E-state index is -0.736. The first-order valence-electron chi connectivity index (χ1n) is 32.5. The molecule has 24 nitrogen and oxygen atoms in total. The number of fused-ring (bicyclic) bond motifs is 2. The zero-order valence-corrected chi connectivity index (χ0v) is 54.2. The van der Waals surface area contributed by atoms with Crippen LogP contribution in [0.4, 0.5) is 34.4 Å². The molecule has 2 saturated carbocycles. The summed E-state index contributed by atoms with van der Waals surface area (Å²) in [6, 6.07) is 17.7. The van der Waals surface area contributed by atoms with Crippen LogP contribution in [0.15, 0.2) is 85.5 Å². The summed E-state index contributed by atoms with van der Waals surface area (Å²) in [5.74, 6) is 12.7. The number of anilines is 6. The van der Waals surface area contributed by atoms with Crippen LogP contribution in [0.25, 0.3) is 21.8 Å². The fourth-order valence-electron chi connectivity index (χ4n) is 12.8. The van der Waals surface area contributed by atoms with Crippen molar-refractivity contribution in [3.8, 4) is 46.7 Å². The number of ether oxygens (including phenoxy) is 4. The third-order valence-electron chi connectivity index (χ3n) is 18.2. The van der Waals surface area contributed by atoms with Crippen molar-refractivity contribution in [2.24, 2.45) is 11.8 Å². The molecule has 4 aliphatic rings.